The molecule has 19 heteroatoms. The number of nitriles is 1. The number of benzene rings is 2. The molecule has 1 N–H and O–H groups in total. The largest absolute Gasteiger partial charge is 0.534 e. The monoisotopic (exact) mass is 731 g/mol. The van der Waals surface area contributed by atoms with E-state index in [4.69, 9.17) is 28.4 Å². The second-order valence-electron chi connectivity index (χ2n) is 10.7. The van der Waals surface area contributed by atoms with Gasteiger partial charge in [-0.15, -0.1) is 0 Å². The molecule has 1 fully saturated rings. The molecule has 0 unspecified atom stereocenters. The maximum absolute atomic E-state index is 12.8. The van der Waals surface area contributed by atoms with Gasteiger partial charge < -0.3 is 37.7 Å². The lowest BCUT2D eigenvalue weighted by molar-refractivity contribution is -0.360. The van der Waals surface area contributed by atoms with Gasteiger partial charge in [0.15, 0.2) is 12.2 Å². The molecule has 2 aromatic rings. The highest BCUT2D eigenvalue weighted by Gasteiger charge is 2.61. The third-order valence-corrected chi connectivity index (χ3v) is 7.85. The molecular formula is C31H32F3NO14S. The van der Waals surface area contributed by atoms with E-state index in [0.29, 0.717) is 5.56 Å². The zero-order chi connectivity index (χ0) is 37.6. The molecule has 1 aliphatic rings. The molecule has 1 saturated heterocycles. The van der Waals surface area contributed by atoms with Gasteiger partial charge >= 0.3 is 39.5 Å². The highest BCUT2D eigenvalue weighted by Crippen LogP contribution is 2.45. The number of hydrogen-bond donors (Lipinski definition) is 1. The van der Waals surface area contributed by atoms with E-state index < -0.39 is 82.1 Å². The van der Waals surface area contributed by atoms with Crippen LogP contribution in [0.5, 0.6) is 11.5 Å². The van der Waals surface area contributed by atoms with Crippen molar-refractivity contribution in [1.82, 2.24) is 0 Å². The number of rotatable bonds is 12. The number of ether oxygens (including phenoxy) is 6. The van der Waals surface area contributed by atoms with Gasteiger partial charge in [0.2, 0.25) is 11.9 Å². The van der Waals surface area contributed by atoms with Crippen molar-refractivity contribution in [1.29, 1.82) is 5.26 Å². The maximum atomic E-state index is 12.8. The minimum Gasteiger partial charge on any atom is -0.493 e. The summed E-state index contributed by atoms with van der Waals surface area (Å²) in [6, 6.07) is 8.76. The summed E-state index contributed by atoms with van der Waals surface area (Å²) in [7, 11) is -5.94. The Bertz CT molecular complexity index is 1760. The molecule has 0 aromatic heterocycles. The first-order valence-electron chi connectivity index (χ1n) is 14.6. The quantitative estimate of drug-likeness (QED) is 0.144. The fourth-order valence-electron chi connectivity index (χ4n) is 4.98. The van der Waals surface area contributed by atoms with Gasteiger partial charge in [-0.1, -0.05) is 12.1 Å². The highest BCUT2D eigenvalue weighted by molar-refractivity contribution is 7.88. The zero-order valence-corrected chi connectivity index (χ0v) is 28.0. The molecule has 50 heavy (non-hydrogen) atoms. The van der Waals surface area contributed by atoms with Crippen molar-refractivity contribution >= 4 is 34.0 Å². The van der Waals surface area contributed by atoms with E-state index in [1.165, 1.54) is 24.3 Å². The molecule has 3 rings (SSSR count). The summed E-state index contributed by atoms with van der Waals surface area (Å²) < 4.78 is 98.2. The van der Waals surface area contributed by atoms with Gasteiger partial charge in [-0.2, -0.15) is 26.9 Å². The fourth-order valence-corrected chi connectivity index (χ4v) is 5.44. The standard InChI is InChI=1S/C31H32F3NO14S/c1-6-43-25-13-22(14-35)21(11-20-7-9-23(10-8-20)49-50(41,42)31(32,33)34)12-24(25)30(40)29(47-19(5)39)28(46-18(4)38)27(45-17(3)37)26(48-30)15-44-16(2)36/h7-10,12-13,26-29,40H,6,11,15H2,1-5H3/t26-,27-,28+,29-,30-/m1/s1. The number of alkyl halides is 3. The number of nitrogens with zero attached hydrogens (tertiary/aromatic N) is 1. The van der Waals surface area contributed by atoms with Crippen LogP contribution < -0.4 is 8.92 Å². The van der Waals surface area contributed by atoms with Gasteiger partial charge in [0.05, 0.1) is 23.8 Å². The van der Waals surface area contributed by atoms with Crippen molar-refractivity contribution in [3.63, 3.8) is 0 Å². The molecule has 0 radical (unpaired) electrons. The van der Waals surface area contributed by atoms with Gasteiger partial charge in [0, 0.05) is 27.7 Å². The van der Waals surface area contributed by atoms with Crippen LogP contribution in [-0.4, -0.2) is 80.5 Å². The van der Waals surface area contributed by atoms with Crippen LogP contribution in [0.1, 0.15) is 56.9 Å². The molecule has 0 aliphatic carbocycles. The molecular weight excluding hydrogens is 699 g/mol. The minimum absolute atomic E-state index is 0.0218. The molecule has 0 amide bonds. The Kier molecular flexibility index (Phi) is 12.4. The SMILES string of the molecule is CCOc1cc(C#N)c(Cc2ccc(OS(=O)(=O)C(F)(F)F)cc2)cc1[C@@]1(O)O[C@H](COC(C)=O)[C@@H](OC(C)=O)[C@H](OC(C)=O)[C@H]1OC(C)=O. The summed E-state index contributed by atoms with van der Waals surface area (Å²) in [5.74, 6) is -7.31. The molecule has 5 atom stereocenters. The molecule has 15 nitrogen and oxygen atoms in total. The lowest BCUT2D eigenvalue weighted by atomic mass is 9.85. The maximum Gasteiger partial charge on any atom is 0.534 e. The first kappa shape index (κ1) is 39.5. The molecule has 1 heterocycles. The number of carbonyl (C=O) groups excluding carboxylic acids is 4. The van der Waals surface area contributed by atoms with Crippen LogP contribution in [0, 0.1) is 11.3 Å². The van der Waals surface area contributed by atoms with Crippen molar-refractivity contribution in [3.05, 3.63) is 58.7 Å². The number of esters is 4. The van der Waals surface area contributed by atoms with E-state index in [9.17, 15) is 51.1 Å². The van der Waals surface area contributed by atoms with E-state index >= 15 is 0 Å². The Balaban J connectivity index is 2.22. The van der Waals surface area contributed by atoms with E-state index in [1.807, 2.05) is 6.07 Å². The summed E-state index contributed by atoms with van der Waals surface area (Å²) in [5.41, 5.74) is -5.51. The third-order valence-electron chi connectivity index (χ3n) is 6.87. The van der Waals surface area contributed by atoms with Crippen molar-refractivity contribution in [2.75, 3.05) is 13.2 Å². The molecule has 2 aromatic carbocycles. The van der Waals surface area contributed by atoms with Crippen LogP contribution in [0.25, 0.3) is 0 Å². The van der Waals surface area contributed by atoms with Crippen molar-refractivity contribution in [2.45, 2.75) is 76.8 Å². The number of carbonyl (C=O) groups is 4. The predicted octanol–water partition coefficient (Wildman–Crippen LogP) is 2.68. The minimum atomic E-state index is -5.94. The normalized spacial score (nSPS) is 22.0. The highest BCUT2D eigenvalue weighted by atomic mass is 32.2. The van der Waals surface area contributed by atoms with Crippen LogP contribution in [0.3, 0.4) is 0 Å². The predicted molar refractivity (Wildman–Crippen MR) is 159 cm³/mol. The van der Waals surface area contributed by atoms with Gasteiger partial charge in [0.25, 0.3) is 0 Å². The summed E-state index contributed by atoms with van der Waals surface area (Å²) in [5, 5.41) is 22.4. The Morgan fingerprint density at radius 3 is 2.02 bits per heavy atom. The smallest absolute Gasteiger partial charge is 0.493 e. The molecule has 0 saturated carbocycles. The van der Waals surface area contributed by atoms with Crippen LogP contribution in [0.15, 0.2) is 36.4 Å². The molecule has 0 spiro atoms. The number of aliphatic hydroxyl groups is 1. The first-order valence-corrected chi connectivity index (χ1v) is 16.0. The van der Waals surface area contributed by atoms with Gasteiger partial charge in [-0.05, 0) is 48.7 Å². The summed E-state index contributed by atoms with van der Waals surface area (Å²) in [4.78, 5) is 48.5. The lowest BCUT2D eigenvalue weighted by Crippen LogP contribution is -2.66. The van der Waals surface area contributed by atoms with Gasteiger partial charge in [0.1, 0.15) is 24.2 Å². The topological polar surface area (TPSA) is 211 Å². The average Bonchev–Trinajstić information content (AvgIpc) is 2.99. The van der Waals surface area contributed by atoms with Crippen LogP contribution in [-0.2, 0) is 65.2 Å². The van der Waals surface area contributed by atoms with E-state index in [0.717, 1.165) is 39.8 Å². The summed E-state index contributed by atoms with van der Waals surface area (Å²) in [6.45, 7) is 4.92. The third kappa shape index (κ3) is 9.40. The van der Waals surface area contributed by atoms with Crippen LogP contribution >= 0.6 is 0 Å². The van der Waals surface area contributed by atoms with E-state index in [1.54, 1.807) is 6.92 Å². The molecule has 1 aliphatic heterocycles. The Hall–Kier alpha value is -4.93. The number of hydrogen-bond acceptors (Lipinski definition) is 15. The Labute approximate surface area is 283 Å². The second kappa shape index (κ2) is 15.7. The van der Waals surface area contributed by atoms with Gasteiger partial charge in [-0.3, -0.25) is 19.2 Å². The molecule has 0 bridgehead atoms. The zero-order valence-electron chi connectivity index (χ0n) is 27.1. The fraction of sp³-hybridized carbons (Fsp3) is 0.452. The second-order valence-corrected chi connectivity index (χ2v) is 12.2. The van der Waals surface area contributed by atoms with Crippen molar-refractivity contribution in [2.24, 2.45) is 0 Å². The van der Waals surface area contributed by atoms with Gasteiger partial charge in [-0.25, -0.2) is 0 Å². The first-order chi connectivity index (χ1) is 23.2. The van der Waals surface area contributed by atoms with E-state index in [-0.39, 0.29) is 35.5 Å². The number of halogens is 3. The van der Waals surface area contributed by atoms with Crippen LogP contribution in [0.4, 0.5) is 13.2 Å². The van der Waals surface area contributed by atoms with Crippen molar-refractivity contribution < 1.29 is 78.5 Å². The summed E-state index contributed by atoms with van der Waals surface area (Å²) in [6.07, 6.45) is -7.07. The summed E-state index contributed by atoms with van der Waals surface area (Å²) >= 11 is 0. The lowest BCUT2D eigenvalue weighted by Gasteiger charge is -2.49. The Morgan fingerprint density at radius 1 is 0.940 bits per heavy atom. The average molecular weight is 732 g/mol. The Morgan fingerprint density at radius 2 is 1.52 bits per heavy atom. The van der Waals surface area contributed by atoms with Crippen LogP contribution in [0.2, 0.25) is 0 Å². The van der Waals surface area contributed by atoms with Crippen molar-refractivity contribution in [3.8, 4) is 17.6 Å². The van der Waals surface area contributed by atoms with E-state index in [2.05, 4.69) is 4.18 Å². The molecule has 272 valence electrons.